The molecular weight excluding hydrogens is 296 g/mol. The minimum atomic E-state index is -0.414. The lowest BCUT2D eigenvalue weighted by Crippen LogP contribution is -2.25. The second-order valence-electron chi connectivity index (χ2n) is 4.15. The molecule has 0 spiro atoms. The van der Waals surface area contributed by atoms with E-state index in [1.54, 1.807) is 19.9 Å². The summed E-state index contributed by atoms with van der Waals surface area (Å²) in [5.74, 6) is 0.839. The molecule has 1 unspecified atom stereocenters. The number of anilines is 2. The van der Waals surface area contributed by atoms with Crippen molar-refractivity contribution in [2.45, 2.75) is 19.1 Å². The van der Waals surface area contributed by atoms with Gasteiger partial charge in [0.15, 0.2) is 5.82 Å². The second-order valence-corrected chi connectivity index (χ2v) is 5.48. The van der Waals surface area contributed by atoms with Crippen molar-refractivity contribution >= 4 is 35.3 Å². The average molecular weight is 310 g/mol. The molecule has 0 aliphatic heterocycles. The number of rotatable bonds is 6. The molecule has 2 aromatic heterocycles. The maximum Gasteiger partial charge on any atom is 0.238 e. The van der Waals surface area contributed by atoms with Crippen LogP contribution in [0.25, 0.3) is 0 Å². The fraction of sp³-hybridized carbons (Fsp3) is 0.364. The molecular formula is C11H14N6O3S. The first-order chi connectivity index (χ1) is 10.0. The van der Waals surface area contributed by atoms with Gasteiger partial charge < -0.3 is 9.84 Å². The van der Waals surface area contributed by atoms with Crippen LogP contribution in [0.4, 0.5) is 11.8 Å². The fourth-order valence-corrected chi connectivity index (χ4v) is 2.05. The minimum Gasteiger partial charge on any atom is -0.360 e. The van der Waals surface area contributed by atoms with Gasteiger partial charge in [-0.15, -0.1) is 11.8 Å². The van der Waals surface area contributed by atoms with E-state index in [0.717, 1.165) is 0 Å². The maximum absolute atomic E-state index is 11.9. The highest BCUT2D eigenvalue weighted by Gasteiger charge is 2.17. The zero-order valence-corrected chi connectivity index (χ0v) is 12.2. The fourth-order valence-electron chi connectivity index (χ4n) is 1.36. The average Bonchev–Trinajstić information content (AvgIpc) is 3.08. The Labute approximate surface area is 124 Å². The van der Waals surface area contributed by atoms with Gasteiger partial charge >= 0.3 is 0 Å². The Balaban J connectivity index is 1.74. The summed E-state index contributed by atoms with van der Waals surface area (Å²) in [5, 5.41) is 14.5. The number of thioether (sulfide) groups is 1. The van der Waals surface area contributed by atoms with Gasteiger partial charge in [-0.2, -0.15) is 10.1 Å². The SMILES string of the molecule is Cc1cc(NC(=O)C(C)SCC(=O)Nc2ncn[nH]2)no1. The van der Waals surface area contributed by atoms with Gasteiger partial charge in [-0.1, -0.05) is 5.16 Å². The Morgan fingerprint density at radius 1 is 1.48 bits per heavy atom. The van der Waals surface area contributed by atoms with Gasteiger partial charge in [0, 0.05) is 6.07 Å². The highest BCUT2D eigenvalue weighted by atomic mass is 32.2. The van der Waals surface area contributed by atoms with Crippen molar-refractivity contribution in [2.75, 3.05) is 16.4 Å². The number of hydrogen-bond donors (Lipinski definition) is 3. The number of amides is 2. The number of nitrogens with one attached hydrogen (secondary N) is 3. The van der Waals surface area contributed by atoms with E-state index in [-0.39, 0.29) is 23.5 Å². The van der Waals surface area contributed by atoms with Crippen LogP contribution in [-0.4, -0.2) is 43.2 Å². The summed E-state index contributed by atoms with van der Waals surface area (Å²) in [5.41, 5.74) is 0. The highest BCUT2D eigenvalue weighted by Crippen LogP contribution is 2.14. The number of aromatic nitrogens is 4. The number of aryl methyl sites for hydroxylation is 1. The standard InChI is InChI=1S/C11H14N6O3S/c1-6-3-8(17-20-6)14-10(19)7(2)21-4-9(18)15-11-12-5-13-16-11/h3,5,7H,4H2,1-2H3,(H,14,17,19)(H2,12,13,15,16,18). The molecule has 0 aliphatic carbocycles. The Morgan fingerprint density at radius 2 is 2.29 bits per heavy atom. The van der Waals surface area contributed by atoms with E-state index >= 15 is 0 Å². The molecule has 2 heterocycles. The van der Waals surface area contributed by atoms with Gasteiger partial charge in [-0.25, -0.2) is 5.10 Å². The third kappa shape index (κ3) is 4.60. The van der Waals surface area contributed by atoms with Crippen LogP contribution in [0.15, 0.2) is 16.9 Å². The Kier molecular flexibility index (Phi) is 4.93. The monoisotopic (exact) mass is 310 g/mol. The Hall–Kier alpha value is -2.36. The molecule has 1 atom stereocenters. The van der Waals surface area contributed by atoms with Crippen LogP contribution in [-0.2, 0) is 9.59 Å². The summed E-state index contributed by atoms with van der Waals surface area (Å²) in [7, 11) is 0. The van der Waals surface area contributed by atoms with Crippen molar-refractivity contribution in [3.05, 3.63) is 18.2 Å². The quantitative estimate of drug-likeness (QED) is 0.720. The predicted molar refractivity (Wildman–Crippen MR) is 76.8 cm³/mol. The van der Waals surface area contributed by atoms with E-state index in [1.165, 1.54) is 18.1 Å². The first-order valence-electron chi connectivity index (χ1n) is 6.05. The molecule has 0 radical (unpaired) electrons. The van der Waals surface area contributed by atoms with E-state index in [2.05, 4.69) is 31.0 Å². The Bertz CT molecular complexity index is 611. The van der Waals surface area contributed by atoms with Crippen molar-refractivity contribution in [1.29, 1.82) is 0 Å². The van der Waals surface area contributed by atoms with Crippen molar-refractivity contribution in [3.8, 4) is 0 Å². The van der Waals surface area contributed by atoms with Gasteiger partial charge in [-0.05, 0) is 13.8 Å². The number of carbonyl (C=O) groups excluding carboxylic acids is 2. The molecule has 2 amide bonds. The van der Waals surface area contributed by atoms with Gasteiger partial charge in [0.05, 0.1) is 11.0 Å². The van der Waals surface area contributed by atoms with Gasteiger partial charge in [0.25, 0.3) is 0 Å². The van der Waals surface area contributed by atoms with Gasteiger partial charge in [-0.3, -0.25) is 14.9 Å². The van der Waals surface area contributed by atoms with Gasteiger partial charge in [0.2, 0.25) is 17.8 Å². The second kappa shape index (κ2) is 6.88. The van der Waals surface area contributed by atoms with Crippen LogP contribution in [0.2, 0.25) is 0 Å². The van der Waals surface area contributed by atoms with Gasteiger partial charge in [0.1, 0.15) is 12.1 Å². The summed E-state index contributed by atoms with van der Waals surface area (Å²) < 4.78 is 4.85. The largest absolute Gasteiger partial charge is 0.360 e. The maximum atomic E-state index is 11.9. The third-order valence-electron chi connectivity index (χ3n) is 2.39. The molecule has 0 fully saturated rings. The molecule has 0 bridgehead atoms. The third-order valence-corrected chi connectivity index (χ3v) is 3.53. The number of aromatic amines is 1. The molecule has 0 saturated carbocycles. The van der Waals surface area contributed by atoms with E-state index in [1.807, 2.05) is 0 Å². The van der Waals surface area contributed by atoms with E-state index in [4.69, 9.17) is 4.52 Å². The first-order valence-corrected chi connectivity index (χ1v) is 7.10. The molecule has 9 nitrogen and oxygen atoms in total. The van der Waals surface area contributed by atoms with Crippen molar-refractivity contribution in [1.82, 2.24) is 20.3 Å². The highest BCUT2D eigenvalue weighted by molar-refractivity contribution is 8.01. The molecule has 0 saturated heterocycles. The summed E-state index contributed by atoms with van der Waals surface area (Å²) in [4.78, 5) is 27.3. The molecule has 21 heavy (non-hydrogen) atoms. The van der Waals surface area contributed by atoms with Crippen LogP contribution in [0, 0.1) is 6.92 Å². The molecule has 2 rings (SSSR count). The van der Waals surface area contributed by atoms with Crippen LogP contribution < -0.4 is 10.6 Å². The zero-order chi connectivity index (χ0) is 15.2. The van der Waals surface area contributed by atoms with Crippen LogP contribution in [0.1, 0.15) is 12.7 Å². The summed E-state index contributed by atoms with van der Waals surface area (Å²) in [6, 6.07) is 1.62. The smallest absolute Gasteiger partial charge is 0.238 e. The molecule has 10 heteroatoms. The molecule has 0 aliphatic rings. The first kappa shape index (κ1) is 15.0. The molecule has 112 valence electrons. The number of nitrogens with zero attached hydrogens (tertiary/aromatic N) is 3. The summed E-state index contributed by atoms with van der Waals surface area (Å²) in [6.07, 6.45) is 1.29. The topological polar surface area (TPSA) is 126 Å². The molecule has 3 N–H and O–H groups in total. The normalized spacial score (nSPS) is 11.9. The van der Waals surface area contributed by atoms with Crippen molar-refractivity contribution in [3.63, 3.8) is 0 Å². The molecule has 0 aromatic carbocycles. The van der Waals surface area contributed by atoms with Crippen LogP contribution in [0.3, 0.4) is 0 Å². The summed E-state index contributed by atoms with van der Waals surface area (Å²) >= 11 is 1.20. The number of carbonyl (C=O) groups is 2. The lowest BCUT2D eigenvalue weighted by Gasteiger charge is -2.09. The van der Waals surface area contributed by atoms with E-state index in [9.17, 15) is 9.59 Å². The Morgan fingerprint density at radius 3 is 2.90 bits per heavy atom. The molecule has 2 aromatic rings. The lowest BCUT2D eigenvalue weighted by atomic mass is 10.4. The van der Waals surface area contributed by atoms with Crippen LogP contribution >= 0.6 is 11.8 Å². The van der Waals surface area contributed by atoms with Crippen LogP contribution in [0.5, 0.6) is 0 Å². The number of H-pyrrole nitrogens is 1. The summed E-state index contributed by atoms with van der Waals surface area (Å²) in [6.45, 7) is 3.43. The lowest BCUT2D eigenvalue weighted by molar-refractivity contribution is -0.115. The predicted octanol–water partition coefficient (Wildman–Crippen LogP) is 0.800. The van der Waals surface area contributed by atoms with Crippen molar-refractivity contribution < 1.29 is 14.1 Å². The van der Waals surface area contributed by atoms with Crippen molar-refractivity contribution in [2.24, 2.45) is 0 Å². The van der Waals surface area contributed by atoms with E-state index < -0.39 is 5.25 Å². The van der Waals surface area contributed by atoms with E-state index in [0.29, 0.717) is 11.6 Å². The number of hydrogen-bond acceptors (Lipinski definition) is 7. The zero-order valence-electron chi connectivity index (χ0n) is 11.4. The minimum absolute atomic E-state index is 0.118.